The number of aliphatic hydroxyl groups is 4. The second-order valence-electron chi connectivity index (χ2n) is 13.4. The maximum absolute atomic E-state index is 12.7. The van der Waals surface area contributed by atoms with Crippen molar-refractivity contribution < 1.29 is 34.7 Å². The Morgan fingerprint density at radius 1 is 0.789 bits per heavy atom. The second-order valence-corrected chi connectivity index (χ2v) is 13.4. The molecule has 20 heteroatoms. The number of benzene rings is 2. The smallest absolute Gasteiger partial charge is 0.280 e. The molecule has 0 saturated carbocycles. The van der Waals surface area contributed by atoms with Crippen molar-refractivity contribution in [3.8, 4) is 22.8 Å². The number of halogens is 1. The van der Waals surface area contributed by atoms with Crippen LogP contribution in [0.4, 0.5) is 11.9 Å². The highest BCUT2D eigenvalue weighted by Gasteiger charge is 2.38. The summed E-state index contributed by atoms with van der Waals surface area (Å²) in [5, 5.41) is 41.7. The predicted octanol–water partition coefficient (Wildman–Crippen LogP) is 1.89. The molecular weight excluding hydrogens is 764 g/mol. The number of carbonyl (C=O) groups is 1. The fourth-order valence-corrected chi connectivity index (χ4v) is 6.51. The number of fused-ring (bicyclic) bond motifs is 2. The van der Waals surface area contributed by atoms with E-state index >= 15 is 0 Å². The van der Waals surface area contributed by atoms with Crippen LogP contribution in [0.5, 0.6) is 0 Å². The summed E-state index contributed by atoms with van der Waals surface area (Å²) in [6, 6.07) is 18.5. The Bertz CT molecular complexity index is 2440. The normalized spacial score (nSPS) is 21.6. The molecule has 2 fully saturated rings. The first-order chi connectivity index (χ1) is 27.5. The quantitative estimate of drug-likeness (QED) is 0.102. The highest BCUT2D eigenvalue weighted by atomic mass is 35.5. The molecule has 0 aliphatic carbocycles. The van der Waals surface area contributed by atoms with E-state index < -0.39 is 48.0 Å². The maximum atomic E-state index is 12.7. The van der Waals surface area contributed by atoms with Crippen LogP contribution in [0.25, 0.3) is 45.1 Å². The van der Waals surface area contributed by atoms with Crippen molar-refractivity contribution in [2.24, 2.45) is 5.92 Å². The molecule has 0 bridgehead atoms. The highest BCUT2D eigenvalue weighted by molar-refractivity contribution is 6.15. The van der Waals surface area contributed by atoms with Crippen LogP contribution in [0, 0.1) is 5.92 Å². The number of aromatic amines is 2. The van der Waals surface area contributed by atoms with Crippen molar-refractivity contribution in [3.63, 3.8) is 0 Å². The zero-order valence-corrected chi connectivity index (χ0v) is 31.9. The van der Waals surface area contributed by atoms with Gasteiger partial charge < -0.3 is 35.6 Å². The third kappa shape index (κ3) is 8.44. The van der Waals surface area contributed by atoms with Crippen molar-refractivity contribution in [1.82, 2.24) is 39.0 Å². The Morgan fingerprint density at radius 3 is 1.65 bits per heavy atom. The summed E-state index contributed by atoms with van der Waals surface area (Å²) >= 11 is 4.64. The highest BCUT2D eigenvalue weighted by Crippen LogP contribution is 2.36. The van der Waals surface area contributed by atoms with E-state index in [0.29, 0.717) is 11.6 Å². The average Bonchev–Trinajstić information content (AvgIpc) is 3.99. The topological polar surface area (TPSA) is 282 Å². The number of H-pyrrole nitrogens is 2. The number of aromatic nitrogens is 8. The van der Waals surface area contributed by atoms with Crippen molar-refractivity contribution in [1.29, 1.82) is 0 Å². The van der Waals surface area contributed by atoms with Crippen LogP contribution in [-0.2, 0) is 14.3 Å². The number of nitrogens with one attached hydrogen (secondary N) is 3. The van der Waals surface area contributed by atoms with Crippen LogP contribution in [-0.4, -0.2) is 109 Å². The molecule has 2 aromatic carbocycles. The van der Waals surface area contributed by atoms with Crippen LogP contribution in [0.1, 0.15) is 39.1 Å². The molecule has 4 aromatic heterocycles. The number of anilines is 2. The number of amides is 1. The number of hydrogen-bond acceptors (Lipinski definition) is 14. The Labute approximate surface area is 329 Å². The van der Waals surface area contributed by atoms with Gasteiger partial charge >= 0.3 is 0 Å². The van der Waals surface area contributed by atoms with Gasteiger partial charge in [-0.05, 0) is 0 Å². The number of hydrogen-bond donors (Lipinski definition) is 8. The average molecular weight is 807 g/mol. The minimum atomic E-state index is -0.872. The molecule has 9 N–H and O–H groups in total. The number of ether oxygens (including phenoxy) is 2. The van der Waals surface area contributed by atoms with E-state index in [1.807, 2.05) is 60.7 Å². The van der Waals surface area contributed by atoms with E-state index in [0.717, 1.165) is 11.1 Å². The van der Waals surface area contributed by atoms with Crippen LogP contribution in [0.3, 0.4) is 0 Å². The molecule has 8 rings (SSSR count). The Balaban J connectivity index is 0.000000187. The number of alkyl halides is 1. The third-order valence-electron chi connectivity index (χ3n) is 9.29. The summed E-state index contributed by atoms with van der Waals surface area (Å²) in [7, 11) is 0. The Hall–Kier alpha value is -5.54. The van der Waals surface area contributed by atoms with E-state index in [4.69, 9.17) is 15.2 Å². The van der Waals surface area contributed by atoms with E-state index in [1.165, 1.54) is 6.38 Å². The SMILES string of the molecule is CC(C)C(=O)Nc1nc2c(nc(-c3ccccc3)n2[C@H]2C[C@@H](O)[C@@H](CO)O2)c(=O)[nH]1.CCl.Nc1nc2c(nc(-c3ccccc3)n2[C@H]2C[C@@H](O)[C@@H](CO)O2)c(=O)[nH]1. The van der Waals surface area contributed by atoms with Crippen LogP contribution < -0.4 is 22.2 Å². The second kappa shape index (κ2) is 17.7. The lowest BCUT2D eigenvalue weighted by Crippen LogP contribution is -2.24. The van der Waals surface area contributed by atoms with Crippen LogP contribution >= 0.6 is 11.6 Å². The van der Waals surface area contributed by atoms with Gasteiger partial charge in [-0.2, -0.15) is 9.97 Å². The standard InChI is InChI=1S/C20H23N5O5.C16H17N5O4.CH3Cl/c1-10(2)18(28)23-20-22-17-15(19(29)24-20)21-16(11-6-4-3-5-7-11)25(17)14-8-12(27)13(9-26)30-14;17-16-19-14-12(15(24)20-16)18-13(8-4-2-1-3-5-8)21(14)11-6-9(23)10(7-22)25-11;1-2/h3-7,10,12-14,26-27H,8-9H2,1-2H3,(H2,22,23,24,28,29);1-5,9-11,22-23H,6-7H2,(H3,17,19,20,24);1H3/t12-,13-,14-;9-,10-,11-;/m11./s1. The molecule has 6 atom stereocenters. The summed E-state index contributed by atoms with van der Waals surface area (Å²) in [5.41, 5.74) is 6.94. The molecule has 2 aliphatic rings. The summed E-state index contributed by atoms with van der Waals surface area (Å²) < 4.78 is 14.8. The molecule has 6 heterocycles. The molecule has 0 unspecified atom stereocenters. The fourth-order valence-electron chi connectivity index (χ4n) is 6.51. The lowest BCUT2D eigenvalue weighted by molar-refractivity contribution is -0.118. The van der Waals surface area contributed by atoms with E-state index in [-0.39, 0.29) is 72.1 Å². The van der Waals surface area contributed by atoms with Gasteiger partial charge in [-0.3, -0.25) is 38.8 Å². The molecule has 1 amide bonds. The fraction of sp³-hybridized carbons (Fsp3) is 0.378. The van der Waals surface area contributed by atoms with Gasteiger partial charge in [-0.1, -0.05) is 74.5 Å². The first kappa shape index (κ1) is 41.1. The van der Waals surface area contributed by atoms with Crippen molar-refractivity contribution in [2.75, 3.05) is 30.6 Å². The van der Waals surface area contributed by atoms with Gasteiger partial charge in [0.05, 0.1) is 25.4 Å². The molecule has 302 valence electrons. The minimum Gasteiger partial charge on any atom is -0.394 e. The van der Waals surface area contributed by atoms with Gasteiger partial charge in [-0.25, -0.2) is 9.97 Å². The summed E-state index contributed by atoms with van der Waals surface area (Å²) in [6.45, 7) is 2.81. The van der Waals surface area contributed by atoms with E-state index in [9.17, 15) is 34.8 Å². The van der Waals surface area contributed by atoms with Gasteiger partial charge in [0.1, 0.15) is 36.3 Å². The van der Waals surface area contributed by atoms with Gasteiger partial charge in [0.25, 0.3) is 11.1 Å². The molecule has 6 aromatic rings. The number of nitrogen functional groups attached to an aromatic ring is 1. The third-order valence-corrected chi connectivity index (χ3v) is 9.29. The number of nitrogens with zero attached hydrogens (tertiary/aromatic N) is 6. The van der Waals surface area contributed by atoms with Crippen LogP contribution in [0.2, 0.25) is 0 Å². The monoisotopic (exact) mass is 806 g/mol. The Kier molecular flexibility index (Phi) is 12.8. The van der Waals surface area contributed by atoms with Gasteiger partial charge in [0.15, 0.2) is 22.3 Å². The van der Waals surface area contributed by atoms with Gasteiger partial charge in [0, 0.05) is 36.3 Å². The number of carbonyl (C=O) groups excluding carboxylic acids is 1. The lowest BCUT2D eigenvalue weighted by atomic mass is 10.2. The van der Waals surface area contributed by atoms with Crippen molar-refractivity contribution >= 4 is 51.7 Å². The van der Waals surface area contributed by atoms with Crippen LogP contribution in [0.15, 0.2) is 70.3 Å². The number of rotatable bonds is 8. The molecular formula is C37H43ClN10O9. The lowest BCUT2D eigenvalue weighted by Gasteiger charge is -2.17. The maximum Gasteiger partial charge on any atom is 0.280 e. The summed E-state index contributed by atoms with van der Waals surface area (Å²) in [5.74, 6) is 0.301. The molecule has 2 saturated heterocycles. The molecule has 0 spiro atoms. The largest absolute Gasteiger partial charge is 0.394 e. The molecule has 2 aliphatic heterocycles. The van der Waals surface area contributed by atoms with E-state index in [1.54, 1.807) is 23.0 Å². The predicted molar refractivity (Wildman–Crippen MR) is 210 cm³/mol. The number of nitrogens with two attached hydrogens (primary N) is 1. The number of aliphatic hydroxyl groups excluding tert-OH is 4. The van der Waals surface area contributed by atoms with E-state index in [2.05, 4.69) is 46.8 Å². The minimum absolute atomic E-state index is 0.00390. The molecule has 0 radical (unpaired) electrons. The summed E-state index contributed by atoms with van der Waals surface area (Å²) in [6.07, 6.45) is -2.56. The van der Waals surface area contributed by atoms with Crippen molar-refractivity contribution in [2.45, 2.75) is 63.6 Å². The molecule has 57 heavy (non-hydrogen) atoms. The first-order valence-corrected chi connectivity index (χ1v) is 18.7. The Morgan fingerprint density at radius 2 is 1.23 bits per heavy atom. The first-order valence-electron chi connectivity index (χ1n) is 18.0. The zero-order valence-electron chi connectivity index (χ0n) is 31.1. The van der Waals surface area contributed by atoms with Crippen molar-refractivity contribution in [3.05, 3.63) is 81.4 Å². The molecule has 19 nitrogen and oxygen atoms in total. The number of imidazole rings is 2. The van der Waals surface area contributed by atoms with Gasteiger partial charge in [0.2, 0.25) is 17.8 Å². The summed E-state index contributed by atoms with van der Waals surface area (Å²) in [4.78, 5) is 59.5. The van der Waals surface area contributed by atoms with Gasteiger partial charge in [-0.15, -0.1) is 11.6 Å². The zero-order chi connectivity index (χ0) is 41.0.